The predicted octanol–water partition coefficient (Wildman–Crippen LogP) is 4.33. The fraction of sp³-hybridized carbons (Fsp3) is 0.136. The number of carbonyl (C=O) groups is 1. The number of benzene rings is 1. The van der Waals surface area contributed by atoms with E-state index in [4.69, 9.17) is 27.9 Å². The lowest BCUT2D eigenvalue weighted by atomic mass is 10.0. The molecule has 0 N–H and O–H groups in total. The van der Waals surface area contributed by atoms with Crippen LogP contribution in [0.4, 0.5) is 0 Å². The Balaban J connectivity index is 1.92. The molecular formula is C22H16Cl2N2O3S2. The first kappa shape index (κ1) is 21.8. The highest BCUT2D eigenvalue weighted by molar-refractivity contribution is 7.10. The second-order valence-electron chi connectivity index (χ2n) is 6.65. The van der Waals surface area contributed by atoms with E-state index in [0.29, 0.717) is 36.2 Å². The van der Waals surface area contributed by atoms with Gasteiger partial charge in [0.05, 0.1) is 15.8 Å². The number of thiophene rings is 1. The molecule has 5 nitrogen and oxygen atoms in total. The van der Waals surface area contributed by atoms with Gasteiger partial charge in [0, 0.05) is 14.9 Å². The fourth-order valence-corrected chi connectivity index (χ4v) is 5.59. The van der Waals surface area contributed by atoms with Crippen LogP contribution in [0.15, 0.2) is 69.4 Å². The van der Waals surface area contributed by atoms with Gasteiger partial charge < -0.3 is 4.74 Å². The average Bonchev–Trinajstić information content (AvgIpc) is 3.36. The molecule has 0 aliphatic carbocycles. The van der Waals surface area contributed by atoms with Gasteiger partial charge in [-0.05, 0) is 42.1 Å². The molecule has 0 saturated heterocycles. The molecule has 1 aliphatic heterocycles. The van der Waals surface area contributed by atoms with Gasteiger partial charge in [0.25, 0.3) is 5.56 Å². The monoisotopic (exact) mass is 490 g/mol. The molecule has 4 rings (SSSR count). The molecule has 0 spiro atoms. The summed E-state index contributed by atoms with van der Waals surface area (Å²) < 4.78 is 7.30. The molecule has 0 amide bonds. The lowest BCUT2D eigenvalue weighted by Crippen LogP contribution is -2.39. The topological polar surface area (TPSA) is 60.7 Å². The van der Waals surface area contributed by atoms with Gasteiger partial charge in [0.2, 0.25) is 0 Å². The minimum Gasteiger partial charge on any atom is -0.458 e. The van der Waals surface area contributed by atoms with E-state index in [1.807, 2.05) is 17.5 Å². The molecule has 31 heavy (non-hydrogen) atoms. The molecular weight excluding hydrogens is 475 g/mol. The zero-order valence-electron chi connectivity index (χ0n) is 16.3. The first-order chi connectivity index (χ1) is 14.9. The minimum absolute atomic E-state index is 0.0757. The maximum Gasteiger partial charge on any atom is 0.338 e. The number of carbonyl (C=O) groups excluding carboxylic acids is 1. The minimum atomic E-state index is -0.614. The van der Waals surface area contributed by atoms with E-state index in [2.05, 4.69) is 11.6 Å². The maximum absolute atomic E-state index is 13.4. The van der Waals surface area contributed by atoms with Gasteiger partial charge in [-0.2, -0.15) is 0 Å². The SMILES string of the molecule is C=CCOC(=O)C1=C(C)N=c2s/c(=C/c3ccc(Cl)cc3Cl)c(=O)n2C1c1cccs1. The number of hydrogen-bond donors (Lipinski definition) is 0. The second kappa shape index (κ2) is 8.96. The van der Waals surface area contributed by atoms with Crippen molar-refractivity contribution in [2.75, 3.05) is 6.61 Å². The van der Waals surface area contributed by atoms with Crippen LogP contribution in [0.5, 0.6) is 0 Å². The summed E-state index contributed by atoms with van der Waals surface area (Å²) in [5.74, 6) is -0.519. The Kier molecular flexibility index (Phi) is 6.29. The summed E-state index contributed by atoms with van der Waals surface area (Å²) in [5.41, 5.74) is 1.28. The van der Waals surface area contributed by atoms with Gasteiger partial charge in [-0.1, -0.05) is 59.3 Å². The number of aromatic nitrogens is 1. The van der Waals surface area contributed by atoms with Crippen molar-refractivity contribution in [3.05, 3.63) is 99.8 Å². The molecule has 2 aromatic heterocycles. The first-order valence-corrected chi connectivity index (χ1v) is 11.6. The van der Waals surface area contributed by atoms with Crippen LogP contribution < -0.4 is 14.9 Å². The molecule has 1 atom stereocenters. The van der Waals surface area contributed by atoms with Crippen molar-refractivity contribution in [3.8, 4) is 0 Å². The standard InChI is InChI=1S/C22H16Cl2N2O3S2/c1-3-8-29-21(28)18-12(2)25-22-26(19(18)16-5-4-9-30-16)20(27)17(31-22)10-13-6-7-14(23)11-15(13)24/h3-7,9-11,19H,1,8H2,2H3/b17-10+. The first-order valence-electron chi connectivity index (χ1n) is 9.19. The van der Waals surface area contributed by atoms with E-state index >= 15 is 0 Å². The molecule has 158 valence electrons. The number of thiazole rings is 1. The van der Waals surface area contributed by atoms with Crippen molar-refractivity contribution >= 4 is 57.9 Å². The van der Waals surface area contributed by atoms with Crippen molar-refractivity contribution in [3.63, 3.8) is 0 Å². The fourth-order valence-electron chi connectivity index (χ4n) is 3.27. The number of halogens is 2. The number of allylic oxidation sites excluding steroid dienone is 1. The van der Waals surface area contributed by atoms with Gasteiger partial charge in [-0.25, -0.2) is 9.79 Å². The maximum atomic E-state index is 13.4. The van der Waals surface area contributed by atoms with E-state index < -0.39 is 12.0 Å². The quantitative estimate of drug-likeness (QED) is 0.394. The highest BCUT2D eigenvalue weighted by Crippen LogP contribution is 2.33. The Bertz CT molecular complexity index is 1380. The van der Waals surface area contributed by atoms with E-state index in [-0.39, 0.29) is 12.2 Å². The van der Waals surface area contributed by atoms with Crippen LogP contribution in [0, 0.1) is 0 Å². The average molecular weight is 491 g/mol. The Hall–Kier alpha value is -2.45. The molecule has 9 heteroatoms. The Morgan fingerprint density at radius 3 is 2.84 bits per heavy atom. The summed E-state index contributed by atoms with van der Waals surface area (Å²) in [4.78, 5) is 32.2. The number of ether oxygens (including phenoxy) is 1. The third kappa shape index (κ3) is 4.19. The molecule has 0 fully saturated rings. The number of hydrogen-bond acceptors (Lipinski definition) is 6. The predicted molar refractivity (Wildman–Crippen MR) is 126 cm³/mol. The summed E-state index contributed by atoms with van der Waals surface area (Å²) in [7, 11) is 0. The van der Waals surface area contributed by atoms with E-state index in [9.17, 15) is 9.59 Å². The normalized spacial score (nSPS) is 16.1. The Labute approximate surface area is 195 Å². The van der Waals surface area contributed by atoms with Gasteiger partial charge >= 0.3 is 5.97 Å². The van der Waals surface area contributed by atoms with Crippen molar-refractivity contribution in [1.29, 1.82) is 0 Å². The Morgan fingerprint density at radius 1 is 1.35 bits per heavy atom. The van der Waals surface area contributed by atoms with E-state index in [1.165, 1.54) is 28.7 Å². The smallest absolute Gasteiger partial charge is 0.338 e. The molecule has 0 bridgehead atoms. The molecule has 0 saturated carbocycles. The largest absolute Gasteiger partial charge is 0.458 e. The van der Waals surface area contributed by atoms with Gasteiger partial charge in [-0.3, -0.25) is 9.36 Å². The summed E-state index contributed by atoms with van der Waals surface area (Å²) in [6.45, 7) is 5.40. The van der Waals surface area contributed by atoms with Crippen LogP contribution in [0.2, 0.25) is 10.0 Å². The van der Waals surface area contributed by atoms with E-state index in [1.54, 1.807) is 35.8 Å². The molecule has 3 aromatic rings. The third-order valence-corrected chi connectivity index (χ3v) is 7.11. The van der Waals surface area contributed by atoms with Crippen LogP contribution in [0.3, 0.4) is 0 Å². The van der Waals surface area contributed by atoms with Crippen LogP contribution in [0.1, 0.15) is 23.4 Å². The zero-order chi connectivity index (χ0) is 22.1. The number of fused-ring (bicyclic) bond motifs is 1. The number of rotatable bonds is 5. The summed E-state index contributed by atoms with van der Waals surface area (Å²) >= 11 is 15.0. The van der Waals surface area contributed by atoms with Crippen LogP contribution in [0.25, 0.3) is 6.08 Å². The molecule has 1 aliphatic rings. The highest BCUT2D eigenvalue weighted by atomic mass is 35.5. The van der Waals surface area contributed by atoms with Crippen LogP contribution >= 0.6 is 45.9 Å². The van der Waals surface area contributed by atoms with Crippen molar-refractivity contribution < 1.29 is 9.53 Å². The van der Waals surface area contributed by atoms with Gasteiger partial charge in [-0.15, -0.1) is 11.3 Å². The van der Waals surface area contributed by atoms with Crippen molar-refractivity contribution in [2.45, 2.75) is 13.0 Å². The molecule has 0 radical (unpaired) electrons. The van der Waals surface area contributed by atoms with Crippen LogP contribution in [-0.2, 0) is 9.53 Å². The van der Waals surface area contributed by atoms with Crippen molar-refractivity contribution in [1.82, 2.24) is 4.57 Å². The molecule has 1 aromatic carbocycles. The molecule has 1 unspecified atom stereocenters. The zero-order valence-corrected chi connectivity index (χ0v) is 19.4. The lowest BCUT2D eigenvalue weighted by Gasteiger charge is -2.23. The third-order valence-electron chi connectivity index (χ3n) is 4.64. The molecule has 3 heterocycles. The second-order valence-corrected chi connectivity index (χ2v) is 9.48. The van der Waals surface area contributed by atoms with Gasteiger partial charge in [0.15, 0.2) is 4.80 Å². The highest BCUT2D eigenvalue weighted by Gasteiger charge is 2.33. The number of nitrogens with zero attached hydrogens (tertiary/aromatic N) is 2. The van der Waals surface area contributed by atoms with Crippen molar-refractivity contribution in [2.24, 2.45) is 4.99 Å². The Morgan fingerprint density at radius 2 is 2.16 bits per heavy atom. The van der Waals surface area contributed by atoms with E-state index in [0.717, 1.165) is 4.88 Å². The van der Waals surface area contributed by atoms with Crippen LogP contribution in [-0.4, -0.2) is 17.1 Å². The van der Waals surface area contributed by atoms with Gasteiger partial charge in [0.1, 0.15) is 12.6 Å². The summed E-state index contributed by atoms with van der Waals surface area (Å²) in [6, 6.07) is 8.24. The lowest BCUT2D eigenvalue weighted by molar-refractivity contribution is -0.138. The number of esters is 1. The summed E-state index contributed by atoms with van der Waals surface area (Å²) in [6.07, 6.45) is 3.21. The summed E-state index contributed by atoms with van der Waals surface area (Å²) in [5, 5.41) is 2.86.